The first-order valence-corrected chi connectivity index (χ1v) is 7.22. The second-order valence-electron chi connectivity index (χ2n) is 6.52. The molecule has 3 nitrogen and oxygen atoms in total. The SMILES string of the molecule is COC(=O)CCCN1CCCC(C(C)(C)C)CC1. The van der Waals surface area contributed by atoms with Crippen LogP contribution < -0.4 is 0 Å². The molecule has 0 aromatic rings. The van der Waals surface area contributed by atoms with E-state index in [1.807, 2.05) is 0 Å². The van der Waals surface area contributed by atoms with Gasteiger partial charge < -0.3 is 9.64 Å². The summed E-state index contributed by atoms with van der Waals surface area (Å²) in [6, 6.07) is 0. The number of methoxy groups -OCH3 is 1. The summed E-state index contributed by atoms with van der Waals surface area (Å²) >= 11 is 0. The molecule has 1 saturated heterocycles. The molecule has 0 aromatic carbocycles. The lowest BCUT2D eigenvalue weighted by Crippen LogP contribution is -2.27. The molecule has 106 valence electrons. The van der Waals surface area contributed by atoms with Crippen LogP contribution in [0, 0.1) is 11.3 Å². The molecule has 1 aliphatic rings. The third-order valence-corrected chi connectivity index (χ3v) is 4.13. The molecule has 1 unspecified atom stereocenters. The third kappa shape index (κ3) is 5.38. The lowest BCUT2D eigenvalue weighted by molar-refractivity contribution is -0.140. The maximum Gasteiger partial charge on any atom is 0.305 e. The zero-order valence-corrected chi connectivity index (χ0v) is 12.5. The zero-order valence-electron chi connectivity index (χ0n) is 12.5. The van der Waals surface area contributed by atoms with Crippen molar-refractivity contribution in [2.75, 3.05) is 26.7 Å². The molecule has 0 N–H and O–H groups in total. The Hall–Kier alpha value is -0.570. The predicted octanol–water partition coefficient (Wildman–Crippen LogP) is 3.09. The van der Waals surface area contributed by atoms with Crippen molar-refractivity contribution in [3.63, 3.8) is 0 Å². The molecule has 1 aliphatic heterocycles. The quantitative estimate of drug-likeness (QED) is 0.723. The van der Waals surface area contributed by atoms with Crippen LogP contribution >= 0.6 is 0 Å². The van der Waals surface area contributed by atoms with E-state index < -0.39 is 0 Å². The number of esters is 1. The number of ether oxygens (including phenoxy) is 1. The number of nitrogens with zero attached hydrogens (tertiary/aromatic N) is 1. The van der Waals surface area contributed by atoms with E-state index in [2.05, 4.69) is 30.4 Å². The maximum absolute atomic E-state index is 11.1. The molecule has 0 aromatic heterocycles. The van der Waals surface area contributed by atoms with Crippen molar-refractivity contribution in [1.82, 2.24) is 4.90 Å². The summed E-state index contributed by atoms with van der Waals surface area (Å²) in [7, 11) is 1.46. The van der Waals surface area contributed by atoms with Crippen LogP contribution in [0.15, 0.2) is 0 Å². The van der Waals surface area contributed by atoms with Gasteiger partial charge in [-0.3, -0.25) is 4.79 Å². The van der Waals surface area contributed by atoms with Crippen LogP contribution in [0.25, 0.3) is 0 Å². The molecular weight excluding hydrogens is 226 g/mol. The summed E-state index contributed by atoms with van der Waals surface area (Å²) in [5.41, 5.74) is 0.433. The lowest BCUT2D eigenvalue weighted by atomic mass is 9.77. The van der Waals surface area contributed by atoms with Crippen molar-refractivity contribution in [2.45, 2.75) is 52.9 Å². The summed E-state index contributed by atoms with van der Waals surface area (Å²) in [6.07, 6.45) is 5.40. The van der Waals surface area contributed by atoms with Gasteiger partial charge in [-0.2, -0.15) is 0 Å². The van der Waals surface area contributed by atoms with E-state index in [1.54, 1.807) is 0 Å². The van der Waals surface area contributed by atoms with Crippen LogP contribution in [0.4, 0.5) is 0 Å². The van der Waals surface area contributed by atoms with Crippen molar-refractivity contribution < 1.29 is 9.53 Å². The number of hydrogen-bond donors (Lipinski definition) is 0. The van der Waals surface area contributed by atoms with Crippen LogP contribution in [-0.2, 0) is 9.53 Å². The van der Waals surface area contributed by atoms with E-state index in [9.17, 15) is 4.79 Å². The smallest absolute Gasteiger partial charge is 0.305 e. The molecule has 0 spiro atoms. The van der Waals surface area contributed by atoms with Gasteiger partial charge in [0.05, 0.1) is 7.11 Å². The molecule has 0 bridgehead atoms. The van der Waals surface area contributed by atoms with Crippen molar-refractivity contribution in [3.05, 3.63) is 0 Å². The molecule has 1 fully saturated rings. The van der Waals surface area contributed by atoms with E-state index in [1.165, 1.54) is 39.5 Å². The van der Waals surface area contributed by atoms with Crippen LogP contribution in [-0.4, -0.2) is 37.6 Å². The van der Waals surface area contributed by atoms with Gasteiger partial charge in [0.15, 0.2) is 0 Å². The fourth-order valence-corrected chi connectivity index (χ4v) is 2.79. The Bertz CT molecular complexity index is 258. The van der Waals surface area contributed by atoms with E-state index in [0.29, 0.717) is 11.8 Å². The van der Waals surface area contributed by atoms with E-state index >= 15 is 0 Å². The van der Waals surface area contributed by atoms with Crippen molar-refractivity contribution in [3.8, 4) is 0 Å². The summed E-state index contributed by atoms with van der Waals surface area (Å²) in [4.78, 5) is 13.6. The number of rotatable bonds is 4. The highest BCUT2D eigenvalue weighted by atomic mass is 16.5. The van der Waals surface area contributed by atoms with Crippen molar-refractivity contribution in [2.24, 2.45) is 11.3 Å². The highest BCUT2D eigenvalue weighted by Crippen LogP contribution is 2.34. The summed E-state index contributed by atoms with van der Waals surface area (Å²) in [5.74, 6) is 0.750. The first kappa shape index (κ1) is 15.5. The minimum atomic E-state index is -0.0858. The standard InChI is InChI=1S/C15H29NO2/c1-15(2,3)13-7-5-10-16(12-9-13)11-6-8-14(17)18-4/h13H,5-12H2,1-4H3. The molecule has 1 rings (SSSR count). The third-order valence-electron chi connectivity index (χ3n) is 4.13. The summed E-state index contributed by atoms with van der Waals surface area (Å²) < 4.78 is 4.67. The van der Waals surface area contributed by atoms with Crippen LogP contribution in [0.2, 0.25) is 0 Å². The Morgan fingerprint density at radius 2 is 2.00 bits per heavy atom. The largest absolute Gasteiger partial charge is 0.469 e. The van der Waals surface area contributed by atoms with Crippen LogP contribution in [0.1, 0.15) is 52.9 Å². The average molecular weight is 255 g/mol. The molecule has 1 atom stereocenters. The predicted molar refractivity (Wildman–Crippen MR) is 74.5 cm³/mol. The molecule has 0 aliphatic carbocycles. The topological polar surface area (TPSA) is 29.5 Å². The van der Waals surface area contributed by atoms with Crippen LogP contribution in [0.5, 0.6) is 0 Å². The van der Waals surface area contributed by atoms with E-state index in [0.717, 1.165) is 18.9 Å². The first-order valence-electron chi connectivity index (χ1n) is 7.22. The maximum atomic E-state index is 11.1. The fraction of sp³-hybridized carbons (Fsp3) is 0.933. The minimum Gasteiger partial charge on any atom is -0.469 e. The van der Waals surface area contributed by atoms with Gasteiger partial charge >= 0.3 is 5.97 Å². The lowest BCUT2D eigenvalue weighted by Gasteiger charge is -2.29. The fourth-order valence-electron chi connectivity index (χ4n) is 2.79. The number of carbonyl (C=O) groups excluding carboxylic acids is 1. The minimum absolute atomic E-state index is 0.0858. The molecule has 0 amide bonds. The van der Waals surface area contributed by atoms with Crippen molar-refractivity contribution in [1.29, 1.82) is 0 Å². The number of likely N-dealkylation sites (tertiary alicyclic amines) is 1. The van der Waals surface area contributed by atoms with Gasteiger partial charge in [-0.25, -0.2) is 0 Å². The van der Waals surface area contributed by atoms with Crippen LogP contribution in [0.3, 0.4) is 0 Å². The zero-order chi connectivity index (χ0) is 13.6. The summed E-state index contributed by atoms with van der Waals surface area (Å²) in [5, 5.41) is 0. The van der Waals surface area contributed by atoms with Gasteiger partial charge in [-0.1, -0.05) is 20.8 Å². The van der Waals surface area contributed by atoms with Gasteiger partial charge in [0, 0.05) is 6.42 Å². The van der Waals surface area contributed by atoms with E-state index in [4.69, 9.17) is 0 Å². The Labute approximate surface area is 112 Å². The highest BCUT2D eigenvalue weighted by molar-refractivity contribution is 5.69. The molecule has 3 heteroatoms. The van der Waals surface area contributed by atoms with Gasteiger partial charge in [0.25, 0.3) is 0 Å². The average Bonchev–Trinajstić information content (AvgIpc) is 2.53. The Balaban J connectivity index is 2.27. The second-order valence-corrected chi connectivity index (χ2v) is 6.52. The van der Waals surface area contributed by atoms with Gasteiger partial charge in [0.2, 0.25) is 0 Å². The first-order chi connectivity index (χ1) is 8.43. The summed E-state index contributed by atoms with van der Waals surface area (Å²) in [6.45, 7) is 10.5. The number of carbonyl (C=O) groups is 1. The molecule has 1 heterocycles. The van der Waals surface area contributed by atoms with E-state index in [-0.39, 0.29) is 5.97 Å². The van der Waals surface area contributed by atoms with Gasteiger partial charge in [-0.15, -0.1) is 0 Å². The molecular formula is C15H29NO2. The molecule has 0 radical (unpaired) electrons. The molecule has 0 saturated carbocycles. The highest BCUT2D eigenvalue weighted by Gasteiger charge is 2.26. The normalized spacial score (nSPS) is 22.6. The Morgan fingerprint density at radius 3 is 2.61 bits per heavy atom. The molecule has 18 heavy (non-hydrogen) atoms. The Kier molecular flexibility index (Phi) is 6.13. The van der Waals surface area contributed by atoms with Gasteiger partial charge in [0.1, 0.15) is 0 Å². The number of hydrogen-bond acceptors (Lipinski definition) is 3. The second kappa shape index (κ2) is 7.13. The Morgan fingerprint density at radius 1 is 1.28 bits per heavy atom. The monoisotopic (exact) mass is 255 g/mol. The van der Waals surface area contributed by atoms with Gasteiger partial charge in [-0.05, 0) is 56.7 Å². The van der Waals surface area contributed by atoms with Crippen molar-refractivity contribution >= 4 is 5.97 Å².